The Hall–Kier alpha value is -1.01. The number of fused-ring (bicyclic) bond motifs is 3. The molecular weight excluding hydrogens is 192 g/mol. The van der Waals surface area contributed by atoms with Gasteiger partial charge < -0.3 is 10.2 Å². The van der Waals surface area contributed by atoms with Crippen LogP contribution in [0.25, 0.3) is 0 Å². The molecule has 3 aliphatic carbocycles. The molecule has 0 heterocycles. The van der Waals surface area contributed by atoms with Crippen LogP contribution in [0.4, 0.5) is 0 Å². The van der Waals surface area contributed by atoms with E-state index in [9.17, 15) is 15.0 Å². The Labute approximate surface area is 89.5 Å². The Bertz CT molecular complexity index is 343. The number of carboxylic acid groups (broad SMARTS) is 1. The highest BCUT2D eigenvalue weighted by Crippen LogP contribution is 2.56. The summed E-state index contributed by atoms with van der Waals surface area (Å²) in [6.45, 7) is 1.78. The molecule has 2 N–H and O–H groups in total. The molecule has 15 heavy (non-hydrogen) atoms. The average molecular weight is 208 g/mol. The molecule has 3 saturated carbocycles. The van der Waals surface area contributed by atoms with E-state index in [0.29, 0.717) is 12.8 Å². The maximum atomic E-state index is 11.2. The summed E-state index contributed by atoms with van der Waals surface area (Å²) in [6, 6.07) is 0. The third-order valence-corrected chi connectivity index (χ3v) is 4.41. The molecule has 0 aliphatic heterocycles. The van der Waals surface area contributed by atoms with Gasteiger partial charge in [0, 0.05) is 5.92 Å². The quantitative estimate of drug-likeness (QED) is 0.638. The topological polar surface area (TPSA) is 57.5 Å². The second-order valence-corrected chi connectivity index (χ2v) is 5.17. The van der Waals surface area contributed by atoms with Crippen LogP contribution in [-0.4, -0.2) is 21.8 Å². The van der Waals surface area contributed by atoms with Crippen molar-refractivity contribution in [2.24, 2.45) is 17.3 Å². The van der Waals surface area contributed by atoms with Crippen LogP contribution in [0.3, 0.4) is 0 Å². The Balaban J connectivity index is 2.31. The van der Waals surface area contributed by atoms with Gasteiger partial charge in [0.25, 0.3) is 0 Å². The van der Waals surface area contributed by atoms with Gasteiger partial charge in [-0.1, -0.05) is 5.92 Å². The highest BCUT2D eigenvalue weighted by Gasteiger charge is 2.57. The molecule has 0 unspecified atom stereocenters. The van der Waals surface area contributed by atoms with E-state index < -0.39 is 17.0 Å². The van der Waals surface area contributed by atoms with Crippen molar-refractivity contribution in [3.8, 4) is 12.3 Å². The number of hydrogen-bond donors (Lipinski definition) is 2. The maximum Gasteiger partial charge on any atom is 0.309 e. The Morgan fingerprint density at radius 1 is 1.40 bits per heavy atom. The summed E-state index contributed by atoms with van der Waals surface area (Å²) in [5.41, 5.74) is -1.75. The first kappa shape index (κ1) is 10.5. The molecule has 3 fully saturated rings. The summed E-state index contributed by atoms with van der Waals surface area (Å²) in [6.07, 6.45) is 8.02. The highest BCUT2D eigenvalue weighted by atomic mass is 16.4. The average Bonchev–Trinajstić information content (AvgIpc) is 2.20. The maximum absolute atomic E-state index is 11.2. The van der Waals surface area contributed by atoms with Crippen LogP contribution in [0.2, 0.25) is 0 Å². The summed E-state index contributed by atoms with van der Waals surface area (Å²) in [4.78, 5) is 11.2. The van der Waals surface area contributed by atoms with E-state index in [1.807, 2.05) is 0 Å². The van der Waals surface area contributed by atoms with Crippen LogP contribution in [0.1, 0.15) is 32.6 Å². The molecule has 3 aliphatic rings. The number of aliphatic hydroxyl groups is 1. The molecule has 3 nitrogen and oxygen atoms in total. The van der Waals surface area contributed by atoms with Gasteiger partial charge in [0.2, 0.25) is 0 Å². The lowest BCUT2D eigenvalue weighted by Crippen LogP contribution is -2.56. The van der Waals surface area contributed by atoms with E-state index in [2.05, 4.69) is 5.92 Å². The van der Waals surface area contributed by atoms with Crippen LogP contribution in [-0.2, 0) is 4.79 Å². The van der Waals surface area contributed by atoms with Crippen molar-refractivity contribution in [2.75, 3.05) is 0 Å². The van der Waals surface area contributed by atoms with E-state index in [1.165, 1.54) is 0 Å². The summed E-state index contributed by atoms with van der Waals surface area (Å²) < 4.78 is 0. The third-order valence-electron chi connectivity index (χ3n) is 4.41. The number of hydrogen-bond acceptors (Lipinski definition) is 2. The summed E-state index contributed by atoms with van der Waals surface area (Å²) in [7, 11) is 0. The SMILES string of the molecule is C#C[C@]1(O)C[C@@H]2CC[C@H]1C[C@]2(C)C(=O)O. The molecule has 3 rings (SSSR count). The fraction of sp³-hybridized carbons (Fsp3) is 0.750. The van der Waals surface area contributed by atoms with Gasteiger partial charge >= 0.3 is 5.97 Å². The van der Waals surface area contributed by atoms with Gasteiger partial charge in [0.15, 0.2) is 0 Å². The number of carboxylic acids is 1. The van der Waals surface area contributed by atoms with Crippen molar-refractivity contribution in [2.45, 2.75) is 38.2 Å². The Kier molecular flexibility index (Phi) is 2.09. The molecule has 3 heteroatoms. The van der Waals surface area contributed by atoms with Crippen LogP contribution in [0.5, 0.6) is 0 Å². The first-order chi connectivity index (χ1) is 6.92. The summed E-state index contributed by atoms with van der Waals surface area (Å²) in [5, 5.41) is 19.4. The molecule has 0 spiro atoms. The number of aliphatic carboxylic acids is 1. The fourth-order valence-electron chi connectivity index (χ4n) is 3.22. The zero-order valence-electron chi connectivity index (χ0n) is 8.86. The van der Waals surface area contributed by atoms with E-state index >= 15 is 0 Å². The van der Waals surface area contributed by atoms with Crippen LogP contribution in [0.15, 0.2) is 0 Å². The first-order valence-electron chi connectivity index (χ1n) is 5.36. The summed E-state index contributed by atoms with van der Waals surface area (Å²) >= 11 is 0. The minimum atomic E-state index is -1.06. The Morgan fingerprint density at radius 3 is 2.40 bits per heavy atom. The lowest BCUT2D eigenvalue weighted by molar-refractivity contribution is -0.170. The monoisotopic (exact) mass is 208 g/mol. The van der Waals surface area contributed by atoms with Crippen LogP contribution >= 0.6 is 0 Å². The molecule has 0 saturated heterocycles. The van der Waals surface area contributed by atoms with Gasteiger partial charge in [-0.25, -0.2) is 0 Å². The molecule has 0 aromatic carbocycles. The molecule has 0 aromatic heterocycles. The van der Waals surface area contributed by atoms with Crippen molar-refractivity contribution in [1.29, 1.82) is 0 Å². The van der Waals surface area contributed by atoms with Gasteiger partial charge in [-0.3, -0.25) is 4.79 Å². The predicted octanol–water partition coefficient (Wildman–Crippen LogP) is 1.26. The van der Waals surface area contributed by atoms with Crippen LogP contribution in [0, 0.1) is 29.6 Å². The standard InChI is InChI=1S/C12H16O3/c1-3-12(15)7-8-4-5-9(12)6-11(8,2)10(13)14/h1,8-9,15H,4-7H2,2H3,(H,13,14)/t8-,9-,11-,12-/m0/s1. The van der Waals surface area contributed by atoms with Crippen molar-refractivity contribution >= 4 is 5.97 Å². The second kappa shape index (κ2) is 2.99. The van der Waals surface area contributed by atoms with E-state index in [4.69, 9.17) is 6.42 Å². The minimum absolute atomic E-state index is 0.0149. The van der Waals surface area contributed by atoms with Gasteiger partial charge in [0.05, 0.1) is 5.41 Å². The summed E-state index contributed by atoms with van der Waals surface area (Å²) in [5.74, 6) is 1.66. The first-order valence-corrected chi connectivity index (χ1v) is 5.36. The Morgan fingerprint density at radius 2 is 2.00 bits per heavy atom. The van der Waals surface area contributed by atoms with Gasteiger partial charge in [-0.15, -0.1) is 6.42 Å². The van der Waals surface area contributed by atoms with Crippen molar-refractivity contribution in [3.63, 3.8) is 0 Å². The largest absolute Gasteiger partial charge is 0.481 e. The zero-order chi connectivity index (χ0) is 11.3. The van der Waals surface area contributed by atoms with Crippen LogP contribution < -0.4 is 0 Å². The third kappa shape index (κ3) is 1.28. The molecule has 4 atom stereocenters. The number of carbonyl (C=O) groups is 1. The van der Waals surface area contributed by atoms with Gasteiger partial charge in [0.1, 0.15) is 5.60 Å². The molecule has 0 radical (unpaired) electrons. The number of terminal acetylenes is 1. The van der Waals surface area contributed by atoms with E-state index in [-0.39, 0.29) is 11.8 Å². The van der Waals surface area contributed by atoms with E-state index in [0.717, 1.165) is 12.8 Å². The normalized spacial score (nSPS) is 48.6. The van der Waals surface area contributed by atoms with Crippen molar-refractivity contribution in [1.82, 2.24) is 0 Å². The lowest BCUT2D eigenvalue weighted by atomic mass is 9.52. The van der Waals surface area contributed by atoms with Crippen molar-refractivity contribution < 1.29 is 15.0 Å². The molecular formula is C12H16O3. The molecule has 82 valence electrons. The number of rotatable bonds is 1. The fourth-order valence-corrected chi connectivity index (χ4v) is 3.22. The predicted molar refractivity (Wildman–Crippen MR) is 55.0 cm³/mol. The second-order valence-electron chi connectivity index (χ2n) is 5.17. The molecule has 2 bridgehead atoms. The highest BCUT2D eigenvalue weighted by molar-refractivity contribution is 5.75. The smallest absolute Gasteiger partial charge is 0.309 e. The minimum Gasteiger partial charge on any atom is -0.481 e. The zero-order valence-corrected chi connectivity index (χ0v) is 8.86. The van der Waals surface area contributed by atoms with E-state index in [1.54, 1.807) is 6.92 Å². The molecule has 0 aromatic rings. The van der Waals surface area contributed by atoms with Gasteiger partial charge in [-0.2, -0.15) is 0 Å². The molecule has 0 amide bonds. The van der Waals surface area contributed by atoms with Crippen molar-refractivity contribution in [3.05, 3.63) is 0 Å². The van der Waals surface area contributed by atoms with Gasteiger partial charge in [-0.05, 0) is 38.5 Å². The lowest BCUT2D eigenvalue weighted by Gasteiger charge is -2.53.